The van der Waals surface area contributed by atoms with E-state index in [0.29, 0.717) is 0 Å². The van der Waals surface area contributed by atoms with Gasteiger partial charge in [0, 0.05) is 6.20 Å². The number of aryl methyl sites for hydroxylation is 1. The summed E-state index contributed by atoms with van der Waals surface area (Å²) in [4.78, 5) is 4.42. The molecule has 0 aliphatic heterocycles. The molecular formula is C10H12N2O. The van der Waals surface area contributed by atoms with Gasteiger partial charge < -0.3 is 4.74 Å². The highest BCUT2D eigenvalue weighted by molar-refractivity contribution is 5.43. The SMILES string of the molecule is CCc1cn2c(OC)cccc2n1. The second kappa shape index (κ2) is 3.09. The molecule has 0 aliphatic rings. The number of nitrogens with zero attached hydrogens (tertiary/aromatic N) is 2. The molecule has 68 valence electrons. The van der Waals surface area contributed by atoms with Gasteiger partial charge in [0.2, 0.25) is 0 Å². The molecule has 0 spiro atoms. The highest BCUT2D eigenvalue weighted by atomic mass is 16.5. The van der Waals surface area contributed by atoms with E-state index in [0.717, 1.165) is 23.6 Å². The third kappa shape index (κ3) is 1.26. The Balaban J connectivity index is 2.67. The molecule has 2 rings (SSSR count). The summed E-state index contributed by atoms with van der Waals surface area (Å²) >= 11 is 0. The van der Waals surface area contributed by atoms with Gasteiger partial charge in [0.1, 0.15) is 5.65 Å². The van der Waals surface area contributed by atoms with E-state index < -0.39 is 0 Å². The van der Waals surface area contributed by atoms with Gasteiger partial charge in [0.15, 0.2) is 5.88 Å². The highest BCUT2D eigenvalue weighted by Gasteiger charge is 2.02. The van der Waals surface area contributed by atoms with Crippen molar-refractivity contribution in [1.82, 2.24) is 9.38 Å². The van der Waals surface area contributed by atoms with Crippen LogP contribution in [-0.4, -0.2) is 16.5 Å². The average molecular weight is 176 g/mol. The van der Waals surface area contributed by atoms with Crippen molar-refractivity contribution in [2.45, 2.75) is 13.3 Å². The minimum absolute atomic E-state index is 0.824. The van der Waals surface area contributed by atoms with E-state index in [4.69, 9.17) is 4.74 Å². The van der Waals surface area contributed by atoms with Crippen molar-refractivity contribution in [2.75, 3.05) is 7.11 Å². The average Bonchev–Trinajstić information content (AvgIpc) is 2.59. The first-order valence-electron chi connectivity index (χ1n) is 4.36. The molecule has 0 fully saturated rings. The molecule has 2 aromatic heterocycles. The molecule has 0 bridgehead atoms. The van der Waals surface area contributed by atoms with Gasteiger partial charge in [-0.1, -0.05) is 13.0 Å². The van der Waals surface area contributed by atoms with Crippen molar-refractivity contribution in [3.05, 3.63) is 30.1 Å². The highest BCUT2D eigenvalue weighted by Crippen LogP contribution is 2.14. The lowest BCUT2D eigenvalue weighted by Crippen LogP contribution is -1.91. The monoisotopic (exact) mass is 176 g/mol. The number of rotatable bonds is 2. The molecule has 0 aliphatic carbocycles. The van der Waals surface area contributed by atoms with Gasteiger partial charge in [-0.15, -0.1) is 0 Å². The lowest BCUT2D eigenvalue weighted by molar-refractivity contribution is 0.392. The molecule has 13 heavy (non-hydrogen) atoms. The molecule has 0 N–H and O–H groups in total. The number of methoxy groups -OCH3 is 1. The Morgan fingerprint density at radius 1 is 1.46 bits per heavy atom. The minimum Gasteiger partial charge on any atom is -0.482 e. The summed E-state index contributed by atoms with van der Waals surface area (Å²) in [7, 11) is 1.67. The molecule has 0 saturated heterocycles. The second-order valence-electron chi connectivity index (χ2n) is 2.88. The van der Waals surface area contributed by atoms with Crippen LogP contribution in [0.4, 0.5) is 0 Å². The number of pyridine rings is 1. The standard InChI is InChI=1S/C10H12N2O/c1-3-8-7-12-9(11-8)5-4-6-10(12)13-2/h4-7H,3H2,1-2H3. The Labute approximate surface area is 77.0 Å². The topological polar surface area (TPSA) is 26.5 Å². The van der Waals surface area contributed by atoms with Crippen molar-refractivity contribution in [2.24, 2.45) is 0 Å². The van der Waals surface area contributed by atoms with Crippen LogP contribution >= 0.6 is 0 Å². The number of aromatic nitrogens is 2. The van der Waals surface area contributed by atoms with Crippen LogP contribution in [0.1, 0.15) is 12.6 Å². The maximum atomic E-state index is 5.21. The van der Waals surface area contributed by atoms with E-state index in [1.165, 1.54) is 0 Å². The largest absolute Gasteiger partial charge is 0.482 e. The zero-order chi connectivity index (χ0) is 9.26. The molecule has 2 heterocycles. The van der Waals surface area contributed by atoms with Gasteiger partial charge >= 0.3 is 0 Å². The minimum atomic E-state index is 0.824. The first-order valence-corrected chi connectivity index (χ1v) is 4.36. The number of ether oxygens (including phenoxy) is 1. The Morgan fingerprint density at radius 2 is 2.31 bits per heavy atom. The first-order chi connectivity index (χ1) is 6.35. The van der Waals surface area contributed by atoms with Gasteiger partial charge in [-0.3, -0.25) is 4.40 Å². The van der Waals surface area contributed by atoms with Crippen molar-refractivity contribution in [3.63, 3.8) is 0 Å². The van der Waals surface area contributed by atoms with E-state index in [9.17, 15) is 0 Å². The molecule has 3 heteroatoms. The van der Waals surface area contributed by atoms with Gasteiger partial charge in [-0.05, 0) is 18.6 Å². The van der Waals surface area contributed by atoms with E-state index in [2.05, 4.69) is 11.9 Å². The second-order valence-corrected chi connectivity index (χ2v) is 2.88. The molecule has 0 unspecified atom stereocenters. The van der Waals surface area contributed by atoms with Crippen LogP contribution < -0.4 is 4.74 Å². The Morgan fingerprint density at radius 3 is 3.00 bits per heavy atom. The normalized spacial score (nSPS) is 10.6. The summed E-state index contributed by atoms with van der Waals surface area (Å²) in [5, 5.41) is 0. The fourth-order valence-electron chi connectivity index (χ4n) is 1.37. The summed E-state index contributed by atoms with van der Waals surface area (Å²) in [6.45, 7) is 2.09. The fraction of sp³-hybridized carbons (Fsp3) is 0.300. The van der Waals surface area contributed by atoms with Gasteiger partial charge in [0.25, 0.3) is 0 Å². The summed E-state index contributed by atoms with van der Waals surface area (Å²) in [5.74, 6) is 0.824. The van der Waals surface area contributed by atoms with Crippen LogP contribution in [0, 0.1) is 0 Å². The molecule has 3 nitrogen and oxygen atoms in total. The predicted octanol–water partition coefficient (Wildman–Crippen LogP) is 1.91. The summed E-state index contributed by atoms with van der Waals surface area (Å²) < 4.78 is 7.17. The van der Waals surface area contributed by atoms with E-state index in [1.54, 1.807) is 7.11 Å². The van der Waals surface area contributed by atoms with Crippen molar-refractivity contribution in [1.29, 1.82) is 0 Å². The molecule has 0 atom stereocenters. The maximum Gasteiger partial charge on any atom is 0.198 e. The van der Waals surface area contributed by atoms with Crippen molar-refractivity contribution < 1.29 is 4.74 Å². The third-order valence-electron chi connectivity index (χ3n) is 2.08. The van der Waals surface area contributed by atoms with E-state index in [-0.39, 0.29) is 0 Å². The van der Waals surface area contributed by atoms with Gasteiger partial charge in [-0.25, -0.2) is 4.98 Å². The molecule has 0 saturated carbocycles. The van der Waals surface area contributed by atoms with Crippen LogP contribution in [0.15, 0.2) is 24.4 Å². The van der Waals surface area contributed by atoms with Crippen LogP contribution in [0.5, 0.6) is 5.88 Å². The number of hydrogen-bond donors (Lipinski definition) is 0. The Hall–Kier alpha value is -1.51. The molecule has 0 amide bonds. The first kappa shape index (κ1) is 8.10. The Bertz CT molecular complexity index is 420. The zero-order valence-electron chi connectivity index (χ0n) is 7.82. The zero-order valence-corrected chi connectivity index (χ0v) is 7.82. The molecule has 0 aromatic carbocycles. The maximum absolute atomic E-state index is 5.21. The number of imidazole rings is 1. The van der Waals surface area contributed by atoms with Crippen LogP contribution in [-0.2, 0) is 6.42 Å². The predicted molar refractivity (Wildman–Crippen MR) is 51.1 cm³/mol. The van der Waals surface area contributed by atoms with Crippen molar-refractivity contribution >= 4 is 5.65 Å². The van der Waals surface area contributed by atoms with E-state index >= 15 is 0 Å². The number of fused-ring (bicyclic) bond motifs is 1. The van der Waals surface area contributed by atoms with Crippen LogP contribution in [0.3, 0.4) is 0 Å². The lowest BCUT2D eigenvalue weighted by Gasteiger charge is -2.01. The van der Waals surface area contributed by atoms with E-state index in [1.807, 2.05) is 28.8 Å². The summed E-state index contributed by atoms with van der Waals surface area (Å²) in [6.07, 6.45) is 2.96. The Kier molecular flexibility index (Phi) is 1.93. The molecule has 0 radical (unpaired) electrons. The summed E-state index contributed by atoms with van der Waals surface area (Å²) in [5.41, 5.74) is 2.03. The van der Waals surface area contributed by atoms with Gasteiger partial charge in [-0.2, -0.15) is 0 Å². The molecule has 2 aromatic rings. The van der Waals surface area contributed by atoms with Gasteiger partial charge in [0.05, 0.1) is 12.8 Å². The lowest BCUT2D eigenvalue weighted by atomic mass is 10.4. The quantitative estimate of drug-likeness (QED) is 0.698. The molecular weight excluding hydrogens is 164 g/mol. The fourth-order valence-corrected chi connectivity index (χ4v) is 1.37. The smallest absolute Gasteiger partial charge is 0.198 e. The third-order valence-corrected chi connectivity index (χ3v) is 2.08. The van der Waals surface area contributed by atoms with Crippen LogP contribution in [0.2, 0.25) is 0 Å². The van der Waals surface area contributed by atoms with Crippen LogP contribution in [0.25, 0.3) is 5.65 Å². The number of hydrogen-bond acceptors (Lipinski definition) is 2. The van der Waals surface area contributed by atoms with Crippen molar-refractivity contribution in [3.8, 4) is 5.88 Å². The summed E-state index contributed by atoms with van der Waals surface area (Å²) in [6, 6.07) is 5.84.